The van der Waals surface area contributed by atoms with E-state index < -0.39 is 0 Å². The highest BCUT2D eigenvalue weighted by Gasteiger charge is 2.12. The second-order valence-electron chi connectivity index (χ2n) is 3.94. The molecule has 0 aliphatic heterocycles. The lowest BCUT2D eigenvalue weighted by Gasteiger charge is -2.05. The molecule has 0 spiro atoms. The van der Waals surface area contributed by atoms with Crippen molar-refractivity contribution in [2.24, 2.45) is 7.05 Å². The van der Waals surface area contributed by atoms with Gasteiger partial charge in [0, 0.05) is 26.0 Å². The maximum atomic E-state index is 4.51. The number of nitrogens with zero attached hydrogens (tertiary/aromatic N) is 5. The van der Waals surface area contributed by atoms with Gasteiger partial charge in [-0.05, 0) is 18.7 Å². The van der Waals surface area contributed by atoms with Crippen LogP contribution in [0.25, 0.3) is 11.0 Å². The van der Waals surface area contributed by atoms with Crippen LogP contribution in [0.2, 0.25) is 0 Å². The monoisotopic (exact) mass is 275 g/mol. The molecule has 3 heterocycles. The Labute approximate surface area is 113 Å². The van der Waals surface area contributed by atoms with Crippen molar-refractivity contribution in [1.29, 1.82) is 0 Å². The molecule has 0 aliphatic carbocycles. The summed E-state index contributed by atoms with van der Waals surface area (Å²) in [6, 6.07) is 0. The Morgan fingerprint density at radius 2 is 2.32 bits per heavy atom. The van der Waals surface area contributed by atoms with Crippen LogP contribution in [0.1, 0.15) is 6.92 Å². The van der Waals surface area contributed by atoms with Crippen LogP contribution in [-0.2, 0) is 7.05 Å². The topological polar surface area (TPSA) is 84.3 Å². The van der Waals surface area contributed by atoms with Gasteiger partial charge >= 0.3 is 0 Å². The van der Waals surface area contributed by atoms with Gasteiger partial charge in [0.15, 0.2) is 10.8 Å². The van der Waals surface area contributed by atoms with Gasteiger partial charge in [0.2, 0.25) is 5.95 Å². The van der Waals surface area contributed by atoms with Gasteiger partial charge in [-0.2, -0.15) is 10.1 Å². The molecule has 0 atom stereocenters. The molecule has 0 radical (unpaired) electrons. The Morgan fingerprint density at radius 1 is 1.42 bits per heavy atom. The highest BCUT2D eigenvalue weighted by molar-refractivity contribution is 7.99. The summed E-state index contributed by atoms with van der Waals surface area (Å²) in [5.74, 6) is 0.593. The number of imidazole rings is 1. The van der Waals surface area contributed by atoms with Gasteiger partial charge in [-0.3, -0.25) is 5.10 Å². The fourth-order valence-corrected chi connectivity index (χ4v) is 2.54. The molecule has 0 amide bonds. The van der Waals surface area contributed by atoms with E-state index in [1.54, 1.807) is 12.4 Å². The first-order valence-electron chi connectivity index (χ1n) is 5.88. The van der Waals surface area contributed by atoms with Crippen molar-refractivity contribution in [1.82, 2.24) is 29.7 Å². The zero-order valence-corrected chi connectivity index (χ0v) is 11.4. The molecule has 0 saturated heterocycles. The molecule has 98 valence electrons. The minimum atomic E-state index is 0.593. The Balaban J connectivity index is 2.05. The molecular weight excluding hydrogens is 262 g/mol. The SMILES string of the molecule is CCNc1nc(Sc2nccn2C)c2cn[nH]c2n1. The highest BCUT2D eigenvalue weighted by Crippen LogP contribution is 2.30. The van der Waals surface area contributed by atoms with E-state index in [9.17, 15) is 0 Å². The van der Waals surface area contributed by atoms with Crippen molar-refractivity contribution in [2.75, 3.05) is 11.9 Å². The second kappa shape index (κ2) is 4.88. The van der Waals surface area contributed by atoms with E-state index in [4.69, 9.17) is 0 Å². The van der Waals surface area contributed by atoms with Crippen LogP contribution in [-0.4, -0.2) is 36.3 Å². The minimum absolute atomic E-state index is 0.593. The average Bonchev–Trinajstić information content (AvgIpc) is 3.00. The van der Waals surface area contributed by atoms with E-state index in [0.717, 1.165) is 27.8 Å². The molecule has 8 heteroatoms. The standard InChI is InChI=1S/C11H13N7S/c1-3-12-10-15-8-7(6-14-17-8)9(16-10)19-11-13-4-5-18(11)2/h4-6H,3H2,1-2H3,(H2,12,14,15,16,17). The molecular formula is C11H13N7S. The van der Waals surface area contributed by atoms with Gasteiger partial charge in [0.1, 0.15) is 5.03 Å². The summed E-state index contributed by atoms with van der Waals surface area (Å²) in [5, 5.41) is 12.6. The lowest BCUT2D eigenvalue weighted by molar-refractivity contribution is 0.789. The largest absolute Gasteiger partial charge is 0.354 e. The predicted octanol–water partition coefficient (Wildman–Crippen LogP) is 1.67. The third-order valence-corrected chi connectivity index (χ3v) is 3.66. The summed E-state index contributed by atoms with van der Waals surface area (Å²) < 4.78 is 1.95. The maximum absolute atomic E-state index is 4.51. The molecule has 3 aromatic heterocycles. The second-order valence-corrected chi connectivity index (χ2v) is 4.89. The van der Waals surface area contributed by atoms with Crippen LogP contribution in [0.3, 0.4) is 0 Å². The molecule has 0 saturated carbocycles. The molecule has 0 bridgehead atoms. The van der Waals surface area contributed by atoms with Crippen molar-refractivity contribution in [3.8, 4) is 0 Å². The van der Waals surface area contributed by atoms with E-state index in [1.807, 2.05) is 24.7 Å². The van der Waals surface area contributed by atoms with Gasteiger partial charge in [0.05, 0.1) is 11.6 Å². The highest BCUT2D eigenvalue weighted by atomic mass is 32.2. The predicted molar refractivity (Wildman–Crippen MR) is 73.2 cm³/mol. The Kier molecular flexibility index (Phi) is 3.08. The molecule has 19 heavy (non-hydrogen) atoms. The van der Waals surface area contributed by atoms with Crippen molar-refractivity contribution < 1.29 is 0 Å². The van der Waals surface area contributed by atoms with E-state index in [1.165, 1.54) is 11.8 Å². The maximum Gasteiger partial charge on any atom is 0.225 e. The molecule has 0 fully saturated rings. The van der Waals surface area contributed by atoms with Crippen LogP contribution in [0.5, 0.6) is 0 Å². The van der Waals surface area contributed by atoms with Gasteiger partial charge in [0.25, 0.3) is 0 Å². The van der Waals surface area contributed by atoms with E-state index in [2.05, 4.69) is 30.5 Å². The van der Waals surface area contributed by atoms with Crippen LogP contribution in [0, 0.1) is 0 Å². The summed E-state index contributed by atoms with van der Waals surface area (Å²) >= 11 is 1.50. The van der Waals surface area contributed by atoms with E-state index in [0.29, 0.717) is 5.95 Å². The number of hydrogen-bond donors (Lipinski definition) is 2. The van der Waals surface area contributed by atoms with Crippen molar-refractivity contribution in [3.05, 3.63) is 18.6 Å². The van der Waals surface area contributed by atoms with Gasteiger partial charge in [-0.25, -0.2) is 9.97 Å². The first-order valence-corrected chi connectivity index (χ1v) is 6.69. The van der Waals surface area contributed by atoms with Crippen molar-refractivity contribution >= 4 is 28.7 Å². The summed E-state index contributed by atoms with van der Waals surface area (Å²) in [6.07, 6.45) is 5.40. The van der Waals surface area contributed by atoms with Gasteiger partial charge in [-0.15, -0.1) is 0 Å². The Morgan fingerprint density at radius 3 is 3.05 bits per heavy atom. The summed E-state index contributed by atoms with van der Waals surface area (Å²) in [6.45, 7) is 2.78. The van der Waals surface area contributed by atoms with Crippen LogP contribution < -0.4 is 5.32 Å². The number of fused-ring (bicyclic) bond motifs is 1. The molecule has 0 aromatic carbocycles. The minimum Gasteiger partial charge on any atom is -0.354 e. The number of hydrogen-bond acceptors (Lipinski definition) is 6. The van der Waals surface area contributed by atoms with Crippen LogP contribution in [0.4, 0.5) is 5.95 Å². The average molecular weight is 275 g/mol. The Bertz CT molecular complexity index is 702. The van der Waals surface area contributed by atoms with Gasteiger partial charge in [-0.1, -0.05) is 0 Å². The summed E-state index contributed by atoms with van der Waals surface area (Å²) in [7, 11) is 1.95. The Hall–Kier alpha value is -2.09. The number of aromatic nitrogens is 6. The zero-order valence-electron chi connectivity index (χ0n) is 10.6. The number of aryl methyl sites for hydroxylation is 1. The fourth-order valence-electron chi connectivity index (χ4n) is 1.66. The van der Waals surface area contributed by atoms with E-state index in [-0.39, 0.29) is 0 Å². The molecule has 2 N–H and O–H groups in total. The summed E-state index contributed by atoms with van der Waals surface area (Å²) in [5.41, 5.74) is 0.725. The molecule has 0 aliphatic rings. The normalized spacial score (nSPS) is 11.1. The third kappa shape index (κ3) is 2.26. The number of H-pyrrole nitrogens is 1. The molecule has 0 unspecified atom stereocenters. The molecule has 3 rings (SSSR count). The van der Waals surface area contributed by atoms with Crippen molar-refractivity contribution in [2.45, 2.75) is 17.1 Å². The zero-order chi connectivity index (χ0) is 13.2. The lowest BCUT2D eigenvalue weighted by Crippen LogP contribution is -2.03. The first kappa shape index (κ1) is 12.0. The fraction of sp³-hybridized carbons (Fsp3) is 0.273. The number of aromatic amines is 1. The number of nitrogens with one attached hydrogen (secondary N) is 2. The molecule has 3 aromatic rings. The van der Waals surface area contributed by atoms with E-state index >= 15 is 0 Å². The first-order chi connectivity index (χ1) is 9.28. The quantitative estimate of drug-likeness (QED) is 0.705. The molecule has 7 nitrogen and oxygen atoms in total. The van der Waals surface area contributed by atoms with Gasteiger partial charge < -0.3 is 9.88 Å². The van der Waals surface area contributed by atoms with Crippen LogP contribution in [0.15, 0.2) is 28.8 Å². The number of anilines is 1. The van der Waals surface area contributed by atoms with Crippen molar-refractivity contribution in [3.63, 3.8) is 0 Å². The summed E-state index contributed by atoms with van der Waals surface area (Å²) in [4.78, 5) is 13.2. The smallest absolute Gasteiger partial charge is 0.225 e. The van der Waals surface area contributed by atoms with Crippen LogP contribution >= 0.6 is 11.8 Å². The third-order valence-electron chi connectivity index (χ3n) is 2.57. The number of rotatable bonds is 4. The lowest BCUT2D eigenvalue weighted by atomic mass is 10.4.